The van der Waals surface area contributed by atoms with E-state index in [2.05, 4.69) is 264 Å². The van der Waals surface area contributed by atoms with Crippen molar-refractivity contribution in [3.05, 3.63) is 289 Å². The number of rotatable bonds is 8. The zero-order valence-electron chi connectivity index (χ0n) is 38.2. The molecule has 0 radical (unpaired) electrons. The van der Waals surface area contributed by atoms with Crippen LogP contribution in [0.25, 0.3) is 82.8 Å². The predicted octanol–water partition coefficient (Wildman–Crippen LogP) is 17.8. The Morgan fingerprint density at radius 3 is 1.50 bits per heavy atom. The van der Waals surface area contributed by atoms with Crippen LogP contribution in [0.15, 0.2) is 271 Å². The van der Waals surface area contributed by atoms with Crippen LogP contribution in [0, 0.1) is 0 Å². The number of furan rings is 1. The second kappa shape index (κ2) is 16.0. The summed E-state index contributed by atoms with van der Waals surface area (Å²) in [6.45, 7) is 0. The standard InChI is InChI=1S/C67H44N2O/c1-4-16-45(17-5-1)46-28-34-51(35-29-46)68(54-40-41-56-55-22-10-13-25-61(55)67(62(56)42-54,49-18-6-2-7-19-49)50-20-8-3-9-21-50)52-36-30-47(31-37-52)48-32-38-53(39-33-48)69-63-26-14-11-23-57(63)59-43-60-58-24-12-15-27-65(58)70-66(60)44-64(59)69/h1-44H. The van der Waals surface area contributed by atoms with E-state index >= 15 is 0 Å². The van der Waals surface area contributed by atoms with Gasteiger partial charge in [0.15, 0.2) is 0 Å². The molecule has 0 N–H and O–H groups in total. The van der Waals surface area contributed by atoms with Crippen LogP contribution in [0.4, 0.5) is 17.1 Å². The van der Waals surface area contributed by atoms with Crippen molar-refractivity contribution in [3.8, 4) is 39.1 Å². The van der Waals surface area contributed by atoms with E-state index in [9.17, 15) is 0 Å². The third kappa shape index (κ3) is 6.15. The zero-order chi connectivity index (χ0) is 46.2. The normalized spacial score (nSPS) is 12.7. The summed E-state index contributed by atoms with van der Waals surface area (Å²) in [7, 11) is 0. The van der Waals surface area contributed by atoms with E-state index in [1.807, 2.05) is 12.1 Å². The summed E-state index contributed by atoms with van der Waals surface area (Å²) in [4.78, 5) is 2.41. The molecule has 328 valence electrons. The van der Waals surface area contributed by atoms with Crippen LogP contribution >= 0.6 is 0 Å². The van der Waals surface area contributed by atoms with Crippen LogP contribution < -0.4 is 4.90 Å². The van der Waals surface area contributed by atoms with Gasteiger partial charge in [-0.3, -0.25) is 0 Å². The van der Waals surface area contributed by atoms with Gasteiger partial charge in [0, 0.05) is 50.4 Å². The number of fused-ring (bicyclic) bond motifs is 9. The Bertz CT molecular complexity index is 4040. The highest BCUT2D eigenvalue weighted by Gasteiger charge is 2.46. The summed E-state index contributed by atoms with van der Waals surface area (Å²) in [5.74, 6) is 0. The molecule has 0 saturated heterocycles. The molecule has 3 nitrogen and oxygen atoms in total. The number of nitrogens with zero attached hydrogens (tertiary/aromatic N) is 2. The second-order valence-electron chi connectivity index (χ2n) is 18.4. The molecule has 2 heterocycles. The number of hydrogen-bond donors (Lipinski definition) is 0. The second-order valence-corrected chi connectivity index (χ2v) is 18.4. The summed E-state index contributed by atoms with van der Waals surface area (Å²) in [6.07, 6.45) is 0. The van der Waals surface area contributed by atoms with E-state index in [4.69, 9.17) is 4.42 Å². The van der Waals surface area contributed by atoms with Crippen molar-refractivity contribution in [2.75, 3.05) is 4.90 Å². The summed E-state index contributed by atoms with van der Waals surface area (Å²) >= 11 is 0. The summed E-state index contributed by atoms with van der Waals surface area (Å²) in [6, 6.07) is 97.3. The smallest absolute Gasteiger partial charge is 0.137 e. The van der Waals surface area contributed by atoms with Gasteiger partial charge in [0.2, 0.25) is 0 Å². The van der Waals surface area contributed by atoms with Gasteiger partial charge in [-0.25, -0.2) is 0 Å². The minimum Gasteiger partial charge on any atom is -0.456 e. The molecule has 0 fully saturated rings. The minimum absolute atomic E-state index is 0.512. The summed E-state index contributed by atoms with van der Waals surface area (Å²) in [5, 5.41) is 4.72. The van der Waals surface area contributed by atoms with Gasteiger partial charge in [0.05, 0.1) is 16.4 Å². The molecule has 0 spiro atoms. The van der Waals surface area contributed by atoms with Crippen molar-refractivity contribution in [2.45, 2.75) is 5.41 Å². The van der Waals surface area contributed by atoms with E-state index in [1.54, 1.807) is 0 Å². The Morgan fingerprint density at radius 2 is 0.829 bits per heavy atom. The molecular formula is C67H44N2O. The molecule has 0 unspecified atom stereocenters. The van der Waals surface area contributed by atoms with Gasteiger partial charge in [-0.15, -0.1) is 0 Å². The monoisotopic (exact) mass is 892 g/mol. The van der Waals surface area contributed by atoms with E-state index in [0.717, 1.165) is 61.3 Å². The fourth-order valence-electron chi connectivity index (χ4n) is 11.5. The van der Waals surface area contributed by atoms with Crippen LogP contribution in [-0.2, 0) is 5.41 Å². The van der Waals surface area contributed by atoms with Crippen LogP contribution in [0.1, 0.15) is 22.3 Å². The first kappa shape index (κ1) is 39.9. The van der Waals surface area contributed by atoms with Crippen LogP contribution in [0.2, 0.25) is 0 Å². The Hall–Kier alpha value is -9.18. The van der Waals surface area contributed by atoms with Crippen molar-refractivity contribution in [1.82, 2.24) is 4.57 Å². The fourth-order valence-corrected chi connectivity index (χ4v) is 11.5. The lowest BCUT2D eigenvalue weighted by Gasteiger charge is -2.35. The molecule has 11 aromatic carbocycles. The SMILES string of the molecule is c1ccc(-c2ccc(N(c3ccc(-c4ccc(-n5c6ccccc6c6cc7c(cc65)oc5ccccc57)cc4)cc3)c3ccc4c(c3)C(c3ccccc3)(c3ccccc3)c3ccccc3-4)cc2)cc1. The Labute approximate surface area is 406 Å². The first-order valence-electron chi connectivity index (χ1n) is 24.1. The number of benzene rings is 11. The number of anilines is 3. The van der Waals surface area contributed by atoms with E-state index in [1.165, 1.54) is 60.8 Å². The molecule has 0 saturated carbocycles. The molecule has 0 aliphatic heterocycles. The van der Waals surface area contributed by atoms with Gasteiger partial charge >= 0.3 is 0 Å². The predicted molar refractivity (Wildman–Crippen MR) is 291 cm³/mol. The van der Waals surface area contributed by atoms with Crippen molar-refractivity contribution in [1.29, 1.82) is 0 Å². The minimum atomic E-state index is -0.512. The number of para-hydroxylation sites is 2. The Kier molecular flexibility index (Phi) is 9.11. The van der Waals surface area contributed by atoms with Gasteiger partial charge in [-0.05, 0) is 122 Å². The first-order valence-corrected chi connectivity index (χ1v) is 24.1. The van der Waals surface area contributed by atoms with Crippen molar-refractivity contribution < 1.29 is 4.42 Å². The quantitative estimate of drug-likeness (QED) is 0.152. The molecule has 70 heavy (non-hydrogen) atoms. The van der Waals surface area contributed by atoms with Gasteiger partial charge < -0.3 is 13.9 Å². The maximum absolute atomic E-state index is 6.39. The van der Waals surface area contributed by atoms with E-state index in [0.29, 0.717) is 0 Å². The Balaban J connectivity index is 0.878. The molecular weight excluding hydrogens is 849 g/mol. The largest absolute Gasteiger partial charge is 0.456 e. The van der Waals surface area contributed by atoms with Gasteiger partial charge in [-0.2, -0.15) is 0 Å². The first-order chi connectivity index (χ1) is 34.7. The van der Waals surface area contributed by atoms with E-state index in [-0.39, 0.29) is 0 Å². The lowest BCUT2D eigenvalue weighted by Crippen LogP contribution is -2.28. The average molecular weight is 893 g/mol. The van der Waals surface area contributed by atoms with Gasteiger partial charge in [0.1, 0.15) is 11.2 Å². The number of aromatic nitrogens is 1. The summed E-state index contributed by atoms with van der Waals surface area (Å²) < 4.78 is 8.76. The van der Waals surface area contributed by atoms with Crippen molar-refractivity contribution in [3.63, 3.8) is 0 Å². The summed E-state index contributed by atoms with van der Waals surface area (Å²) in [5.41, 5.74) is 20.2. The van der Waals surface area contributed by atoms with Crippen molar-refractivity contribution in [2.24, 2.45) is 0 Å². The molecule has 1 aliphatic carbocycles. The van der Waals surface area contributed by atoms with Gasteiger partial charge in [0.25, 0.3) is 0 Å². The van der Waals surface area contributed by atoms with E-state index < -0.39 is 5.41 Å². The lowest BCUT2D eigenvalue weighted by molar-refractivity contribution is 0.669. The van der Waals surface area contributed by atoms with Gasteiger partial charge in [-0.1, -0.05) is 194 Å². The molecule has 14 rings (SSSR count). The average Bonchev–Trinajstić information content (AvgIpc) is 4.07. The zero-order valence-corrected chi connectivity index (χ0v) is 38.2. The molecule has 0 amide bonds. The molecule has 13 aromatic rings. The molecule has 0 bridgehead atoms. The lowest BCUT2D eigenvalue weighted by atomic mass is 9.67. The maximum Gasteiger partial charge on any atom is 0.137 e. The highest BCUT2D eigenvalue weighted by molar-refractivity contribution is 6.17. The van der Waals surface area contributed by atoms with Crippen LogP contribution in [0.3, 0.4) is 0 Å². The van der Waals surface area contributed by atoms with Crippen LogP contribution in [-0.4, -0.2) is 4.57 Å². The fraction of sp³-hybridized carbons (Fsp3) is 0.0149. The number of hydrogen-bond acceptors (Lipinski definition) is 2. The topological polar surface area (TPSA) is 21.3 Å². The molecule has 2 aromatic heterocycles. The molecule has 3 heteroatoms. The molecule has 0 atom stereocenters. The molecule has 1 aliphatic rings. The van der Waals surface area contributed by atoms with Crippen molar-refractivity contribution >= 4 is 60.8 Å². The third-order valence-electron chi connectivity index (χ3n) is 14.7. The van der Waals surface area contributed by atoms with Crippen LogP contribution in [0.5, 0.6) is 0 Å². The maximum atomic E-state index is 6.39. The Morgan fingerprint density at radius 1 is 0.314 bits per heavy atom. The highest BCUT2D eigenvalue weighted by atomic mass is 16.3. The highest BCUT2D eigenvalue weighted by Crippen LogP contribution is 2.57. The third-order valence-corrected chi connectivity index (χ3v) is 14.7.